The Morgan fingerprint density at radius 1 is 0.638 bits per heavy atom. The average molecular weight is 631 g/mol. The molecule has 5 aromatic carbocycles. The molecule has 0 saturated carbocycles. The topological polar surface area (TPSA) is 66.4 Å². The Morgan fingerprint density at radius 2 is 1.23 bits per heavy atom. The molecule has 1 aliphatic heterocycles. The van der Waals surface area contributed by atoms with Crippen molar-refractivity contribution in [1.29, 1.82) is 0 Å². The number of hydrogen-bond acceptors (Lipinski definition) is 6. The van der Waals surface area contributed by atoms with Gasteiger partial charge in [-0.15, -0.1) is 0 Å². The van der Waals surface area contributed by atoms with E-state index in [2.05, 4.69) is 36.4 Å². The molecule has 0 bridgehead atoms. The van der Waals surface area contributed by atoms with Crippen molar-refractivity contribution in [1.82, 2.24) is 0 Å². The summed E-state index contributed by atoms with van der Waals surface area (Å²) in [6.45, 7) is 1.41. The van der Waals surface area contributed by atoms with Crippen LogP contribution >= 0.6 is 0 Å². The van der Waals surface area contributed by atoms with Gasteiger partial charge in [0.15, 0.2) is 11.5 Å². The van der Waals surface area contributed by atoms with Gasteiger partial charge in [-0.2, -0.15) is 0 Å². The Bertz CT molecular complexity index is 1640. The van der Waals surface area contributed by atoms with E-state index in [4.69, 9.17) is 23.7 Å². The Labute approximate surface area is 277 Å². The first-order valence-electron chi connectivity index (χ1n) is 16.2. The van der Waals surface area contributed by atoms with Crippen LogP contribution in [0.1, 0.15) is 46.8 Å². The highest BCUT2D eigenvalue weighted by molar-refractivity contribution is 5.44. The molecule has 1 N–H and O–H groups in total. The lowest BCUT2D eigenvalue weighted by Gasteiger charge is -2.38. The van der Waals surface area contributed by atoms with Crippen molar-refractivity contribution in [2.45, 2.75) is 63.5 Å². The number of aliphatic hydroxyl groups is 1. The molecule has 6 heteroatoms. The molecule has 0 amide bonds. The summed E-state index contributed by atoms with van der Waals surface area (Å²) in [5.41, 5.74) is 5.33. The second-order valence-electron chi connectivity index (χ2n) is 11.9. The predicted molar refractivity (Wildman–Crippen MR) is 183 cm³/mol. The van der Waals surface area contributed by atoms with Gasteiger partial charge in [0.05, 0.1) is 38.1 Å². The van der Waals surface area contributed by atoms with Crippen LogP contribution in [-0.4, -0.2) is 30.5 Å². The van der Waals surface area contributed by atoms with E-state index < -0.39 is 6.10 Å². The van der Waals surface area contributed by atoms with E-state index in [1.54, 1.807) is 7.11 Å². The highest BCUT2D eigenvalue weighted by Gasteiger charge is 2.35. The van der Waals surface area contributed by atoms with Crippen LogP contribution in [0.25, 0.3) is 0 Å². The zero-order valence-corrected chi connectivity index (χ0v) is 26.7. The lowest BCUT2D eigenvalue weighted by molar-refractivity contribution is -0.156. The quantitative estimate of drug-likeness (QED) is 0.133. The zero-order valence-electron chi connectivity index (χ0n) is 26.7. The van der Waals surface area contributed by atoms with Gasteiger partial charge in [0.1, 0.15) is 19.0 Å². The number of hydrogen-bond donors (Lipinski definition) is 1. The van der Waals surface area contributed by atoms with Crippen LogP contribution in [0.5, 0.6) is 17.2 Å². The fourth-order valence-electron chi connectivity index (χ4n) is 5.90. The molecule has 1 saturated heterocycles. The van der Waals surface area contributed by atoms with E-state index in [1.165, 1.54) is 0 Å². The van der Waals surface area contributed by atoms with E-state index in [1.807, 2.05) is 97.1 Å². The summed E-state index contributed by atoms with van der Waals surface area (Å²) < 4.78 is 31.1. The monoisotopic (exact) mass is 630 g/mol. The summed E-state index contributed by atoms with van der Waals surface area (Å²) in [7, 11) is 1.64. The van der Waals surface area contributed by atoms with Crippen LogP contribution in [0.2, 0.25) is 0 Å². The van der Waals surface area contributed by atoms with Crippen LogP contribution in [0.3, 0.4) is 0 Å². The summed E-state index contributed by atoms with van der Waals surface area (Å²) in [5.74, 6) is 2.10. The van der Waals surface area contributed by atoms with E-state index >= 15 is 0 Å². The third-order valence-corrected chi connectivity index (χ3v) is 8.46. The van der Waals surface area contributed by atoms with Gasteiger partial charge >= 0.3 is 0 Å². The smallest absolute Gasteiger partial charge is 0.161 e. The van der Waals surface area contributed by atoms with Gasteiger partial charge in [0.25, 0.3) is 0 Å². The molecule has 0 aromatic heterocycles. The largest absolute Gasteiger partial charge is 0.493 e. The molecule has 0 aliphatic carbocycles. The number of rotatable bonds is 14. The van der Waals surface area contributed by atoms with Crippen LogP contribution in [-0.2, 0) is 35.7 Å². The maximum Gasteiger partial charge on any atom is 0.161 e. The summed E-state index contributed by atoms with van der Waals surface area (Å²) in [4.78, 5) is 0. The van der Waals surface area contributed by atoms with Gasteiger partial charge in [-0.1, -0.05) is 109 Å². The van der Waals surface area contributed by atoms with E-state index in [9.17, 15) is 5.11 Å². The third-order valence-electron chi connectivity index (χ3n) is 8.46. The highest BCUT2D eigenvalue weighted by atomic mass is 16.5. The summed E-state index contributed by atoms with van der Waals surface area (Å²) in [5, 5.41) is 11.1. The van der Waals surface area contributed by atoms with Crippen molar-refractivity contribution >= 4 is 0 Å². The minimum absolute atomic E-state index is 0.279. The third kappa shape index (κ3) is 9.23. The molecular formula is C41H42O6. The fraction of sp³-hybridized carbons (Fsp3) is 0.268. The molecule has 1 heterocycles. The average Bonchev–Trinajstić information content (AvgIpc) is 3.13. The molecule has 0 spiro atoms. The minimum atomic E-state index is -0.532. The van der Waals surface area contributed by atoms with Gasteiger partial charge in [-0.05, 0) is 52.1 Å². The molecule has 4 atom stereocenters. The van der Waals surface area contributed by atoms with Crippen LogP contribution < -0.4 is 14.2 Å². The van der Waals surface area contributed by atoms with Gasteiger partial charge in [-0.3, -0.25) is 0 Å². The summed E-state index contributed by atoms with van der Waals surface area (Å²) in [6, 6.07) is 44.3. The lowest BCUT2D eigenvalue weighted by atomic mass is 9.91. The maximum atomic E-state index is 11.1. The number of ether oxygens (including phenoxy) is 5. The Morgan fingerprint density at radius 3 is 1.85 bits per heavy atom. The number of benzene rings is 5. The van der Waals surface area contributed by atoms with Gasteiger partial charge in [0.2, 0.25) is 0 Å². The van der Waals surface area contributed by atoms with Gasteiger partial charge in [-0.25, -0.2) is 0 Å². The minimum Gasteiger partial charge on any atom is -0.493 e. The van der Waals surface area contributed by atoms with Crippen LogP contribution in [0, 0.1) is 0 Å². The van der Waals surface area contributed by atoms with Gasteiger partial charge < -0.3 is 28.8 Å². The Kier molecular flexibility index (Phi) is 11.2. The van der Waals surface area contributed by atoms with Crippen molar-refractivity contribution in [2.75, 3.05) is 7.11 Å². The van der Waals surface area contributed by atoms with Crippen molar-refractivity contribution < 1.29 is 28.8 Å². The van der Waals surface area contributed by atoms with E-state index in [-0.39, 0.29) is 18.3 Å². The van der Waals surface area contributed by atoms with Crippen molar-refractivity contribution in [2.24, 2.45) is 0 Å². The lowest BCUT2D eigenvalue weighted by Crippen LogP contribution is -2.41. The molecule has 6 rings (SSSR count). The molecular weight excluding hydrogens is 588 g/mol. The summed E-state index contributed by atoms with van der Waals surface area (Å²) in [6.07, 6.45) is 0.158. The fourth-order valence-corrected chi connectivity index (χ4v) is 5.90. The number of aliphatic hydroxyl groups excluding tert-OH is 1. The molecule has 5 aromatic rings. The van der Waals surface area contributed by atoms with Crippen molar-refractivity contribution in [3.63, 3.8) is 0 Å². The first kappa shape index (κ1) is 32.3. The molecule has 0 unspecified atom stereocenters. The predicted octanol–water partition coefficient (Wildman–Crippen LogP) is 8.26. The molecule has 6 nitrogen and oxygen atoms in total. The first-order chi connectivity index (χ1) is 23.1. The van der Waals surface area contributed by atoms with Gasteiger partial charge in [0, 0.05) is 19.3 Å². The maximum absolute atomic E-state index is 11.1. The Hall–Kier alpha value is -4.62. The number of methoxy groups -OCH3 is 1. The molecule has 47 heavy (non-hydrogen) atoms. The van der Waals surface area contributed by atoms with E-state index in [0.29, 0.717) is 50.6 Å². The molecule has 1 fully saturated rings. The van der Waals surface area contributed by atoms with E-state index in [0.717, 1.165) is 33.6 Å². The molecule has 242 valence electrons. The highest BCUT2D eigenvalue weighted by Crippen LogP contribution is 2.38. The van der Waals surface area contributed by atoms with Crippen LogP contribution in [0.4, 0.5) is 0 Å². The van der Waals surface area contributed by atoms with Crippen molar-refractivity contribution in [3.05, 3.63) is 161 Å². The second-order valence-corrected chi connectivity index (χ2v) is 11.9. The standard InChI is InChI=1S/C41H42O6/c1-43-39-24-34(19-22-37(39)45-28-32-13-7-3-8-14-32)38-25-35(42)26-41(47-38)40(46-29-33-15-9-4-10-16-33)23-30-17-20-36(21-18-30)44-27-31-11-5-2-6-12-31/h2-22,24,35,38,40-42H,23,25-29H2,1H3/t35-,38+,40-,41-/m0/s1. The first-order valence-corrected chi connectivity index (χ1v) is 16.2. The molecule has 0 radical (unpaired) electrons. The summed E-state index contributed by atoms with van der Waals surface area (Å²) >= 11 is 0. The van der Waals surface area contributed by atoms with Crippen molar-refractivity contribution in [3.8, 4) is 17.2 Å². The normalized spacial score (nSPS) is 18.3. The SMILES string of the molecule is COc1cc([C@H]2C[C@H](O)C[C@@H]([C@H](Cc3ccc(OCc4ccccc4)cc3)OCc3ccccc3)O2)ccc1OCc1ccccc1. The zero-order chi connectivity index (χ0) is 32.3. The second kappa shape index (κ2) is 16.3. The molecule has 1 aliphatic rings. The Balaban J connectivity index is 1.15. The van der Waals surface area contributed by atoms with Crippen LogP contribution in [0.15, 0.2) is 133 Å².